The van der Waals surface area contributed by atoms with Crippen molar-refractivity contribution in [3.8, 4) is 0 Å². The normalized spacial score (nSPS) is 18.5. The Morgan fingerprint density at radius 3 is 2.52 bits per heavy atom. The van der Waals surface area contributed by atoms with Crippen LogP contribution in [0.2, 0.25) is 0 Å². The second-order valence-electron chi connectivity index (χ2n) is 5.13. The molecule has 6 nitrogen and oxygen atoms in total. The number of guanidine groups is 1. The van der Waals surface area contributed by atoms with Gasteiger partial charge in [0.15, 0.2) is 5.96 Å². The van der Waals surface area contributed by atoms with E-state index in [4.69, 9.17) is 4.52 Å². The Morgan fingerprint density at radius 2 is 2.04 bits per heavy atom. The van der Waals surface area contributed by atoms with Crippen LogP contribution in [0.15, 0.2) is 21.8 Å². The topological polar surface area (TPSA) is 56.9 Å². The number of rotatable bonds is 3. The molecule has 0 amide bonds. The fraction of sp³-hybridized carbons (Fsp3) is 0.692. The Kier molecular flexibility index (Phi) is 7.58. The SMILES string of the molecule is CN=C(NCc1ccon1)N1CCN(C(C)C(F)(F)F)CC1.I. The molecule has 1 atom stereocenters. The van der Waals surface area contributed by atoms with E-state index in [0.29, 0.717) is 38.7 Å². The maximum absolute atomic E-state index is 12.7. The van der Waals surface area contributed by atoms with Crippen molar-refractivity contribution in [2.75, 3.05) is 33.2 Å². The van der Waals surface area contributed by atoms with Gasteiger partial charge < -0.3 is 14.7 Å². The quantitative estimate of drug-likeness (QED) is 0.436. The highest BCUT2D eigenvalue weighted by Crippen LogP contribution is 2.25. The number of alkyl halides is 3. The summed E-state index contributed by atoms with van der Waals surface area (Å²) in [7, 11) is 1.65. The van der Waals surface area contributed by atoms with Gasteiger partial charge in [-0.05, 0) is 6.92 Å². The van der Waals surface area contributed by atoms with Crippen LogP contribution in [-0.4, -0.2) is 66.4 Å². The van der Waals surface area contributed by atoms with Gasteiger partial charge in [0.2, 0.25) is 0 Å². The molecule has 1 aliphatic heterocycles. The van der Waals surface area contributed by atoms with E-state index in [1.807, 2.05) is 4.90 Å². The van der Waals surface area contributed by atoms with Gasteiger partial charge >= 0.3 is 6.18 Å². The van der Waals surface area contributed by atoms with Crippen molar-refractivity contribution in [2.45, 2.75) is 25.7 Å². The number of halogens is 4. The standard InChI is InChI=1S/C13H20F3N5O.HI/c1-10(13(14,15)16)20-4-6-21(7-5-20)12(17-2)18-9-11-3-8-22-19-11;/h3,8,10H,4-7,9H2,1-2H3,(H,17,18);1H. The van der Waals surface area contributed by atoms with Gasteiger partial charge in [0.1, 0.15) is 18.0 Å². The minimum atomic E-state index is -4.19. The van der Waals surface area contributed by atoms with Crippen LogP contribution >= 0.6 is 24.0 Å². The summed E-state index contributed by atoms with van der Waals surface area (Å²) in [6, 6.07) is 0.322. The summed E-state index contributed by atoms with van der Waals surface area (Å²) in [5, 5.41) is 6.91. The summed E-state index contributed by atoms with van der Waals surface area (Å²) in [6.07, 6.45) is -2.70. The first-order chi connectivity index (χ1) is 10.4. The Bertz CT molecular complexity index is 486. The third-order valence-electron chi connectivity index (χ3n) is 3.77. The monoisotopic (exact) mass is 447 g/mol. The van der Waals surface area contributed by atoms with E-state index in [1.54, 1.807) is 13.1 Å². The predicted octanol–water partition coefficient (Wildman–Crippen LogP) is 1.94. The average Bonchev–Trinajstić information content (AvgIpc) is 3.00. The number of aromatic nitrogens is 1. The van der Waals surface area contributed by atoms with Crippen LogP contribution in [0.3, 0.4) is 0 Å². The van der Waals surface area contributed by atoms with E-state index >= 15 is 0 Å². The van der Waals surface area contributed by atoms with Crippen LogP contribution in [0.1, 0.15) is 12.6 Å². The lowest BCUT2D eigenvalue weighted by Crippen LogP contribution is -2.56. The van der Waals surface area contributed by atoms with E-state index in [2.05, 4.69) is 15.5 Å². The third-order valence-corrected chi connectivity index (χ3v) is 3.77. The lowest BCUT2D eigenvalue weighted by Gasteiger charge is -2.39. The molecule has 0 bridgehead atoms. The molecule has 1 N–H and O–H groups in total. The van der Waals surface area contributed by atoms with Crippen LogP contribution < -0.4 is 5.32 Å². The zero-order chi connectivity index (χ0) is 16.2. The van der Waals surface area contributed by atoms with Gasteiger partial charge in [-0.3, -0.25) is 9.89 Å². The van der Waals surface area contributed by atoms with E-state index < -0.39 is 12.2 Å². The maximum Gasteiger partial charge on any atom is 0.403 e. The molecule has 2 rings (SSSR count). The van der Waals surface area contributed by atoms with E-state index in [0.717, 1.165) is 5.69 Å². The zero-order valence-electron chi connectivity index (χ0n) is 13.0. The Hall–Kier alpha value is -1.04. The van der Waals surface area contributed by atoms with Gasteiger partial charge in [-0.25, -0.2) is 0 Å². The fourth-order valence-electron chi connectivity index (χ4n) is 2.36. The molecule has 0 spiro atoms. The average molecular weight is 447 g/mol. The van der Waals surface area contributed by atoms with Gasteiger partial charge in [-0.2, -0.15) is 13.2 Å². The number of nitrogens with one attached hydrogen (secondary N) is 1. The molecule has 1 unspecified atom stereocenters. The number of nitrogens with zero attached hydrogens (tertiary/aromatic N) is 4. The summed E-state index contributed by atoms with van der Waals surface area (Å²) < 4.78 is 42.9. The molecule has 10 heteroatoms. The first-order valence-electron chi connectivity index (χ1n) is 7.07. The summed E-state index contributed by atoms with van der Waals surface area (Å²) in [5.41, 5.74) is 0.741. The molecule has 1 fully saturated rings. The number of hydrogen-bond donors (Lipinski definition) is 1. The number of hydrogen-bond acceptors (Lipinski definition) is 4. The minimum Gasteiger partial charge on any atom is -0.364 e. The lowest BCUT2D eigenvalue weighted by atomic mass is 10.2. The molecular formula is C13H21F3IN5O. The summed E-state index contributed by atoms with van der Waals surface area (Å²) >= 11 is 0. The molecule has 1 saturated heterocycles. The van der Waals surface area contributed by atoms with E-state index in [-0.39, 0.29) is 24.0 Å². The number of piperazine rings is 1. The molecule has 1 aromatic heterocycles. The minimum absolute atomic E-state index is 0. The molecule has 1 aliphatic rings. The molecule has 0 radical (unpaired) electrons. The Labute approximate surface area is 150 Å². The van der Waals surface area contributed by atoms with Gasteiger partial charge in [0.25, 0.3) is 0 Å². The molecule has 0 aliphatic carbocycles. The summed E-state index contributed by atoms with van der Waals surface area (Å²) in [5.74, 6) is 0.655. The zero-order valence-corrected chi connectivity index (χ0v) is 15.3. The van der Waals surface area contributed by atoms with Gasteiger partial charge in [0.05, 0.1) is 6.54 Å². The van der Waals surface area contributed by atoms with Crippen molar-refractivity contribution in [3.63, 3.8) is 0 Å². The first kappa shape index (κ1) is 20.0. The highest BCUT2D eigenvalue weighted by molar-refractivity contribution is 14.0. The van der Waals surface area contributed by atoms with Crippen molar-refractivity contribution in [1.82, 2.24) is 20.3 Å². The highest BCUT2D eigenvalue weighted by atomic mass is 127. The van der Waals surface area contributed by atoms with Crippen LogP contribution in [-0.2, 0) is 6.54 Å². The van der Waals surface area contributed by atoms with Crippen molar-refractivity contribution in [2.24, 2.45) is 4.99 Å². The Balaban J connectivity index is 0.00000264. The molecular weight excluding hydrogens is 426 g/mol. The van der Waals surface area contributed by atoms with Crippen molar-refractivity contribution >= 4 is 29.9 Å². The van der Waals surface area contributed by atoms with E-state index in [1.165, 1.54) is 18.1 Å². The second kappa shape index (κ2) is 8.71. The van der Waals surface area contributed by atoms with Gasteiger partial charge in [0, 0.05) is 39.3 Å². The fourth-order valence-corrected chi connectivity index (χ4v) is 2.36. The highest BCUT2D eigenvalue weighted by Gasteiger charge is 2.41. The van der Waals surface area contributed by atoms with E-state index in [9.17, 15) is 13.2 Å². The van der Waals surface area contributed by atoms with Crippen LogP contribution in [0, 0.1) is 0 Å². The molecule has 1 aromatic rings. The van der Waals surface area contributed by atoms with Gasteiger partial charge in [-0.1, -0.05) is 5.16 Å². The molecule has 132 valence electrons. The lowest BCUT2D eigenvalue weighted by molar-refractivity contribution is -0.181. The largest absolute Gasteiger partial charge is 0.403 e. The Morgan fingerprint density at radius 1 is 1.39 bits per heavy atom. The summed E-state index contributed by atoms with van der Waals surface area (Å²) in [4.78, 5) is 7.55. The third kappa shape index (κ3) is 5.52. The first-order valence-corrected chi connectivity index (χ1v) is 7.07. The van der Waals surface area contributed by atoms with Crippen LogP contribution in [0.5, 0.6) is 0 Å². The second-order valence-corrected chi connectivity index (χ2v) is 5.13. The van der Waals surface area contributed by atoms with Gasteiger partial charge in [-0.15, -0.1) is 24.0 Å². The van der Waals surface area contributed by atoms with Crippen molar-refractivity contribution < 1.29 is 17.7 Å². The summed E-state index contributed by atoms with van der Waals surface area (Å²) in [6.45, 7) is 3.37. The van der Waals surface area contributed by atoms with Crippen molar-refractivity contribution in [3.05, 3.63) is 18.0 Å². The maximum atomic E-state index is 12.7. The molecule has 23 heavy (non-hydrogen) atoms. The van der Waals surface area contributed by atoms with Crippen LogP contribution in [0.25, 0.3) is 0 Å². The van der Waals surface area contributed by atoms with Crippen molar-refractivity contribution in [1.29, 1.82) is 0 Å². The number of aliphatic imine (C=N–C) groups is 1. The molecule has 0 aromatic carbocycles. The predicted molar refractivity (Wildman–Crippen MR) is 90.8 cm³/mol. The molecule has 0 saturated carbocycles. The smallest absolute Gasteiger partial charge is 0.364 e. The van der Waals surface area contributed by atoms with Crippen LogP contribution in [0.4, 0.5) is 13.2 Å². The molecule has 2 heterocycles.